The van der Waals surface area contributed by atoms with Crippen molar-refractivity contribution in [3.8, 4) is 0 Å². The number of rotatable bonds is 6. The number of methoxy groups -OCH3 is 1. The Balaban J connectivity index is 2.71. The van der Waals surface area contributed by atoms with Crippen LogP contribution in [0.5, 0.6) is 0 Å². The molecule has 0 aromatic carbocycles. The van der Waals surface area contributed by atoms with Crippen molar-refractivity contribution in [2.45, 2.75) is 64.2 Å². The molecule has 1 atom stereocenters. The zero-order valence-corrected chi connectivity index (χ0v) is 13.2. The van der Waals surface area contributed by atoms with Gasteiger partial charge in [-0.2, -0.15) is 0 Å². The van der Waals surface area contributed by atoms with Gasteiger partial charge in [0, 0.05) is 16.4 Å². The zero-order valence-electron chi connectivity index (χ0n) is 12.4. The van der Waals surface area contributed by atoms with Crippen LogP contribution in [0.1, 0.15) is 53.4 Å². The standard InChI is InChI=1S/C15H27NOS/c1-6-9-13(16-18-15(2,3)4)12-10-7-8-11-14(12)17-5/h10-11,13,16H,6-9H2,1-5H3. The minimum absolute atomic E-state index is 0.234. The first-order valence-corrected chi connectivity index (χ1v) is 7.67. The predicted octanol–water partition coefficient (Wildman–Crippen LogP) is 4.44. The van der Waals surface area contributed by atoms with E-state index in [1.54, 1.807) is 7.11 Å². The SMILES string of the molecule is CCCC(NSC(C)(C)C)C1=CCCC=C1OC. The summed E-state index contributed by atoms with van der Waals surface area (Å²) >= 11 is 1.81. The van der Waals surface area contributed by atoms with E-state index in [1.165, 1.54) is 12.0 Å². The molecule has 2 nitrogen and oxygen atoms in total. The van der Waals surface area contributed by atoms with Gasteiger partial charge in [0.25, 0.3) is 0 Å². The van der Waals surface area contributed by atoms with Gasteiger partial charge in [0.1, 0.15) is 5.76 Å². The molecule has 0 aromatic heterocycles. The molecule has 0 saturated carbocycles. The van der Waals surface area contributed by atoms with Crippen LogP contribution in [0.15, 0.2) is 23.5 Å². The number of hydrogen-bond donors (Lipinski definition) is 1. The minimum atomic E-state index is 0.234. The highest BCUT2D eigenvalue weighted by atomic mass is 32.2. The molecule has 0 fully saturated rings. The third kappa shape index (κ3) is 5.07. The molecule has 0 amide bonds. The van der Waals surface area contributed by atoms with Crippen molar-refractivity contribution >= 4 is 11.9 Å². The summed E-state index contributed by atoms with van der Waals surface area (Å²) < 4.78 is 9.36. The first-order valence-electron chi connectivity index (χ1n) is 6.86. The molecule has 0 bridgehead atoms. The molecule has 1 aliphatic rings. The second-order valence-corrected chi connectivity index (χ2v) is 7.35. The Morgan fingerprint density at radius 3 is 2.56 bits per heavy atom. The molecule has 0 radical (unpaired) electrons. The van der Waals surface area contributed by atoms with Crippen LogP contribution in [-0.4, -0.2) is 17.9 Å². The lowest BCUT2D eigenvalue weighted by atomic mass is 9.96. The highest BCUT2D eigenvalue weighted by Crippen LogP contribution is 2.28. The average Bonchev–Trinajstić information content (AvgIpc) is 2.33. The molecular formula is C15H27NOS. The van der Waals surface area contributed by atoms with E-state index in [2.05, 4.69) is 44.6 Å². The van der Waals surface area contributed by atoms with E-state index in [1.807, 2.05) is 11.9 Å². The molecule has 0 aliphatic heterocycles. The van der Waals surface area contributed by atoms with Gasteiger partial charge < -0.3 is 4.74 Å². The van der Waals surface area contributed by atoms with Crippen LogP contribution in [0.2, 0.25) is 0 Å². The zero-order chi connectivity index (χ0) is 13.6. The van der Waals surface area contributed by atoms with E-state index in [0.29, 0.717) is 6.04 Å². The molecule has 0 aromatic rings. The fourth-order valence-corrected chi connectivity index (χ4v) is 2.74. The largest absolute Gasteiger partial charge is 0.497 e. The summed E-state index contributed by atoms with van der Waals surface area (Å²) in [4.78, 5) is 0. The first-order chi connectivity index (χ1) is 8.48. The Morgan fingerprint density at radius 1 is 1.33 bits per heavy atom. The summed E-state index contributed by atoms with van der Waals surface area (Å²) in [6, 6.07) is 0.394. The highest BCUT2D eigenvalue weighted by molar-refractivity contribution is 7.98. The molecular weight excluding hydrogens is 242 g/mol. The summed E-state index contributed by atoms with van der Waals surface area (Å²) in [5.74, 6) is 1.06. The van der Waals surface area contributed by atoms with Gasteiger partial charge in [-0.1, -0.05) is 31.4 Å². The maximum absolute atomic E-state index is 5.51. The van der Waals surface area contributed by atoms with Crippen LogP contribution in [-0.2, 0) is 4.74 Å². The van der Waals surface area contributed by atoms with E-state index in [9.17, 15) is 0 Å². The summed E-state index contributed by atoms with van der Waals surface area (Å²) in [6.45, 7) is 8.93. The lowest BCUT2D eigenvalue weighted by Crippen LogP contribution is -2.31. The number of hydrogen-bond acceptors (Lipinski definition) is 3. The van der Waals surface area contributed by atoms with Gasteiger partial charge in [0.05, 0.1) is 7.11 Å². The number of nitrogens with one attached hydrogen (secondary N) is 1. The lowest BCUT2D eigenvalue weighted by molar-refractivity contribution is 0.290. The molecule has 1 rings (SSSR count). The predicted molar refractivity (Wildman–Crippen MR) is 81.6 cm³/mol. The van der Waals surface area contributed by atoms with Crippen molar-refractivity contribution in [1.82, 2.24) is 4.72 Å². The van der Waals surface area contributed by atoms with Gasteiger partial charge in [0.2, 0.25) is 0 Å². The van der Waals surface area contributed by atoms with E-state index in [4.69, 9.17) is 4.74 Å². The van der Waals surface area contributed by atoms with Crippen LogP contribution < -0.4 is 4.72 Å². The molecule has 0 saturated heterocycles. The van der Waals surface area contributed by atoms with Crippen molar-refractivity contribution in [2.24, 2.45) is 0 Å². The molecule has 3 heteroatoms. The van der Waals surface area contributed by atoms with Crippen LogP contribution in [0.25, 0.3) is 0 Å². The summed E-state index contributed by atoms with van der Waals surface area (Å²) in [5.41, 5.74) is 1.34. The van der Waals surface area contributed by atoms with Crippen molar-refractivity contribution in [2.75, 3.05) is 7.11 Å². The maximum Gasteiger partial charge on any atom is 0.119 e. The fraction of sp³-hybridized carbons (Fsp3) is 0.733. The van der Waals surface area contributed by atoms with Crippen molar-refractivity contribution < 1.29 is 4.74 Å². The van der Waals surface area contributed by atoms with Crippen LogP contribution >= 0.6 is 11.9 Å². The number of allylic oxidation sites excluding steroid dienone is 2. The molecule has 104 valence electrons. The van der Waals surface area contributed by atoms with E-state index in [0.717, 1.165) is 25.0 Å². The molecule has 1 aliphatic carbocycles. The topological polar surface area (TPSA) is 21.3 Å². The summed E-state index contributed by atoms with van der Waals surface area (Å²) in [6.07, 6.45) is 9.09. The van der Waals surface area contributed by atoms with Gasteiger partial charge in [-0.3, -0.25) is 4.72 Å². The van der Waals surface area contributed by atoms with Crippen LogP contribution in [0, 0.1) is 0 Å². The first kappa shape index (κ1) is 15.6. The normalized spacial score (nSPS) is 18.1. The third-order valence-electron chi connectivity index (χ3n) is 2.83. The Hall–Kier alpha value is -0.410. The van der Waals surface area contributed by atoms with Gasteiger partial charge in [-0.05, 0) is 46.1 Å². The van der Waals surface area contributed by atoms with Crippen LogP contribution in [0.3, 0.4) is 0 Å². The van der Waals surface area contributed by atoms with Gasteiger partial charge in [-0.25, -0.2) is 0 Å². The van der Waals surface area contributed by atoms with Gasteiger partial charge in [0.15, 0.2) is 0 Å². The quantitative estimate of drug-likeness (QED) is 0.720. The number of ether oxygens (including phenoxy) is 1. The molecule has 0 spiro atoms. The maximum atomic E-state index is 5.51. The van der Waals surface area contributed by atoms with Crippen molar-refractivity contribution in [3.05, 3.63) is 23.5 Å². The van der Waals surface area contributed by atoms with Gasteiger partial charge in [-0.15, -0.1) is 0 Å². The smallest absolute Gasteiger partial charge is 0.119 e. The summed E-state index contributed by atoms with van der Waals surface area (Å²) in [7, 11) is 1.77. The second-order valence-electron chi connectivity index (χ2n) is 5.68. The van der Waals surface area contributed by atoms with E-state index >= 15 is 0 Å². The Bertz CT molecular complexity index is 315. The second kappa shape index (κ2) is 7.25. The van der Waals surface area contributed by atoms with Crippen molar-refractivity contribution in [1.29, 1.82) is 0 Å². The summed E-state index contributed by atoms with van der Waals surface area (Å²) in [5, 5.41) is 0. The Labute approximate surface area is 116 Å². The fourth-order valence-electron chi connectivity index (χ4n) is 2.00. The third-order valence-corrected chi connectivity index (χ3v) is 3.84. The Kier molecular flexibility index (Phi) is 6.30. The van der Waals surface area contributed by atoms with E-state index in [-0.39, 0.29) is 4.75 Å². The average molecular weight is 269 g/mol. The molecule has 18 heavy (non-hydrogen) atoms. The van der Waals surface area contributed by atoms with Crippen molar-refractivity contribution in [3.63, 3.8) is 0 Å². The monoisotopic (exact) mass is 269 g/mol. The highest BCUT2D eigenvalue weighted by Gasteiger charge is 2.22. The van der Waals surface area contributed by atoms with E-state index < -0.39 is 0 Å². The lowest BCUT2D eigenvalue weighted by Gasteiger charge is -2.28. The molecule has 1 unspecified atom stereocenters. The van der Waals surface area contributed by atoms with Crippen LogP contribution in [0.4, 0.5) is 0 Å². The van der Waals surface area contributed by atoms with Gasteiger partial charge >= 0.3 is 0 Å². The molecule has 1 N–H and O–H groups in total. The Morgan fingerprint density at radius 2 is 2.00 bits per heavy atom. The minimum Gasteiger partial charge on any atom is -0.497 e. The molecule has 0 heterocycles.